The number of aromatic nitrogens is 5. The van der Waals surface area contributed by atoms with Crippen LogP contribution >= 0.6 is 0 Å². The zero-order valence-electron chi connectivity index (χ0n) is 31.2. The third-order valence-electron chi connectivity index (χ3n) is 9.16. The highest BCUT2D eigenvalue weighted by atomic mass is 16.5. The van der Waals surface area contributed by atoms with Crippen molar-refractivity contribution >= 4 is 23.6 Å². The van der Waals surface area contributed by atoms with Crippen LogP contribution in [0.4, 0.5) is 0 Å². The summed E-state index contributed by atoms with van der Waals surface area (Å²) in [5.74, 6) is 0.426. The van der Waals surface area contributed by atoms with Gasteiger partial charge in [0.2, 0.25) is 23.6 Å². The van der Waals surface area contributed by atoms with E-state index in [9.17, 15) is 24.0 Å². The van der Waals surface area contributed by atoms with Crippen LogP contribution in [0, 0.1) is 19.8 Å². The first kappa shape index (κ1) is 39.5. The van der Waals surface area contributed by atoms with E-state index in [0.29, 0.717) is 60.2 Å². The predicted molar refractivity (Wildman–Crippen MR) is 192 cm³/mol. The van der Waals surface area contributed by atoms with Crippen molar-refractivity contribution in [1.29, 1.82) is 0 Å². The van der Waals surface area contributed by atoms with Crippen molar-refractivity contribution in [2.45, 2.75) is 91.9 Å². The van der Waals surface area contributed by atoms with Gasteiger partial charge in [-0.05, 0) is 63.3 Å². The van der Waals surface area contributed by atoms with Crippen LogP contribution in [-0.4, -0.2) is 92.7 Å². The van der Waals surface area contributed by atoms with E-state index >= 15 is 0 Å². The molecule has 0 bridgehead atoms. The molecule has 0 fully saturated rings. The number of carbonyl (C=O) groups is 4. The predicted octanol–water partition coefficient (Wildman–Crippen LogP) is 1.60. The molecular formula is C36H51N9O7. The molecule has 0 unspecified atom stereocenters. The van der Waals surface area contributed by atoms with E-state index in [2.05, 4.69) is 26.0 Å². The van der Waals surface area contributed by atoms with Crippen molar-refractivity contribution in [1.82, 2.24) is 45.2 Å². The summed E-state index contributed by atoms with van der Waals surface area (Å²) in [6.07, 6.45) is 1.80. The number of hydrogen-bond acceptors (Lipinski definition) is 10. The highest BCUT2D eigenvalue weighted by Crippen LogP contribution is 2.28. The van der Waals surface area contributed by atoms with Gasteiger partial charge in [0.05, 0.1) is 20.3 Å². The Morgan fingerprint density at radius 2 is 1.71 bits per heavy atom. The molecular weight excluding hydrogens is 670 g/mol. The van der Waals surface area contributed by atoms with E-state index in [1.165, 1.54) is 9.25 Å². The number of carbonyl (C=O) groups excluding carboxylic acids is 4. The molecule has 282 valence electrons. The summed E-state index contributed by atoms with van der Waals surface area (Å²) in [6.45, 7) is 9.48. The fraction of sp³-hybridized carbons (Fsp3) is 0.556. The number of methoxy groups -OCH3 is 2. The maximum Gasteiger partial charge on any atom is 0.348 e. The Balaban J connectivity index is 1.59. The summed E-state index contributed by atoms with van der Waals surface area (Å²) >= 11 is 0. The second kappa shape index (κ2) is 18.3. The molecule has 3 aromatic rings. The number of nitrogens with one attached hydrogen (secondary N) is 3. The molecule has 0 aliphatic carbocycles. The number of aryl methyl sites for hydroxylation is 2. The average Bonchev–Trinajstić information content (AvgIpc) is 3.50. The Hall–Kier alpha value is -5.28. The molecule has 16 nitrogen and oxygen atoms in total. The molecule has 3 heterocycles. The van der Waals surface area contributed by atoms with Crippen molar-refractivity contribution in [2.75, 3.05) is 33.9 Å². The van der Waals surface area contributed by atoms with E-state index < -0.39 is 17.8 Å². The molecule has 1 aliphatic heterocycles. The lowest BCUT2D eigenvalue weighted by Crippen LogP contribution is -2.51. The van der Waals surface area contributed by atoms with Gasteiger partial charge < -0.3 is 30.3 Å². The topological polar surface area (TPSA) is 192 Å². The monoisotopic (exact) mass is 721 g/mol. The number of benzene rings is 1. The van der Waals surface area contributed by atoms with Crippen LogP contribution in [0.25, 0.3) is 0 Å². The second-order valence-electron chi connectivity index (χ2n) is 13.2. The lowest BCUT2D eigenvalue weighted by Gasteiger charge is -2.26. The molecule has 0 radical (unpaired) electrons. The van der Waals surface area contributed by atoms with Crippen molar-refractivity contribution in [3.63, 3.8) is 0 Å². The van der Waals surface area contributed by atoms with E-state index in [1.807, 2.05) is 26.0 Å². The van der Waals surface area contributed by atoms with Crippen molar-refractivity contribution in [3.05, 3.63) is 63.3 Å². The van der Waals surface area contributed by atoms with E-state index in [4.69, 9.17) is 14.5 Å². The molecule has 16 heteroatoms. The fourth-order valence-electron chi connectivity index (χ4n) is 6.09. The molecule has 0 spiro atoms. The van der Waals surface area contributed by atoms with Gasteiger partial charge in [-0.25, -0.2) is 14.5 Å². The van der Waals surface area contributed by atoms with E-state index in [-0.39, 0.29) is 68.7 Å². The summed E-state index contributed by atoms with van der Waals surface area (Å²) in [5.41, 5.74) is 1.52. The number of fused-ring (bicyclic) bond motifs is 1. The normalized spacial score (nSPS) is 18.6. The summed E-state index contributed by atoms with van der Waals surface area (Å²) < 4.78 is 13.6. The van der Waals surface area contributed by atoms with Crippen molar-refractivity contribution < 1.29 is 28.7 Å². The number of hydrogen-bond donors (Lipinski definition) is 3. The first-order valence-electron chi connectivity index (χ1n) is 17.7. The smallest absolute Gasteiger partial charge is 0.348 e. The Morgan fingerprint density at radius 3 is 2.40 bits per heavy atom. The van der Waals surface area contributed by atoms with Gasteiger partial charge in [0.25, 0.3) is 0 Å². The van der Waals surface area contributed by atoms with Crippen LogP contribution in [0.1, 0.15) is 81.1 Å². The van der Waals surface area contributed by atoms with Gasteiger partial charge in [-0.15, -0.1) is 0 Å². The Kier molecular flexibility index (Phi) is 13.9. The van der Waals surface area contributed by atoms with Gasteiger partial charge in [-0.3, -0.25) is 23.7 Å². The first-order valence-corrected chi connectivity index (χ1v) is 17.7. The number of rotatable bonds is 8. The molecule has 52 heavy (non-hydrogen) atoms. The highest BCUT2D eigenvalue weighted by molar-refractivity contribution is 5.88. The summed E-state index contributed by atoms with van der Waals surface area (Å²) in [7, 11) is 3.11. The molecule has 1 aliphatic rings. The fourth-order valence-corrected chi connectivity index (χ4v) is 6.09. The number of nitrogens with zero attached hydrogens (tertiary/aromatic N) is 6. The zero-order chi connectivity index (χ0) is 37.9. The van der Waals surface area contributed by atoms with Gasteiger partial charge in [-0.1, -0.05) is 26.3 Å². The van der Waals surface area contributed by atoms with Gasteiger partial charge in [0.1, 0.15) is 25.0 Å². The van der Waals surface area contributed by atoms with E-state index in [0.717, 1.165) is 5.56 Å². The quantitative estimate of drug-likeness (QED) is 0.308. The molecule has 2 aromatic heterocycles. The van der Waals surface area contributed by atoms with Crippen LogP contribution in [0.5, 0.6) is 11.5 Å². The van der Waals surface area contributed by atoms with Crippen LogP contribution in [0.3, 0.4) is 0 Å². The van der Waals surface area contributed by atoms with Crippen LogP contribution in [0.2, 0.25) is 0 Å². The Labute approximate surface area is 303 Å². The summed E-state index contributed by atoms with van der Waals surface area (Å²) in [5, 5.41) is 13.4. The molecule has 1 aromatic carbocycles. The number of ether oxygens (including phenoxy) is 2. The van der Waals surface area contributed by atoms with Crippen molar-refractivity contribution in [3.8, 4) is 11.5 Å². The highest BCUT2D eigenvalue weighted by Gasteiger charge is 2.29. The minimum atomic E-state index is -0.827. The second-order valence-corrected chi connectivity index (χ2v) is 13.2. The minimum Gasteiger partial charge on any atom is -0.493 e. The van der Waals surface area contributed by atoms with Crippen LogP contribution in [0.15, 0.2) is 29.1 Å². The maximum absolute atomic E-state index is 13.7. The summed E-state index contributed by atoms with van der Waals surface area (Å²) in [6, 6.07) is 5.75. The Morgan fingerprint density at radius 1 is 0.981 bits per heavy atom. The minimum absolute atomic E-state index is 0.0786. The standard InChI is InChI=1S/C36H51N9O7/c1-8-22(2)33-35(49)39-25(5)34-40-29(19-26-12-13-27(51-6)28(18-26)52-7)42-45(34)20-31(47)37-14-10-16-43(15-9-11-30(46)41-33)32(48)21-44-24(4)17-23(3)38-36(44)50/h12-13,17-18,22,25,33H,8-11,14-16,19-21H2,1-7H3,(H,37,47)(H,39,49)(H,41,46)/t22-,25+,33-/m0/s1. The third kappa shape index (κ3) is 10.4. The van der Waals surface area contributed by atoms with E-state index in [1.54, 1.807) is 52.0 Å². The average molecular weight is 722 g/mol. The van der Waals surface area contributed by atoms with Crippen LogP contribution in [-0.2, 0) is 38.7 Å². The first-order chi connectivity index (χ1) is 24.8. The molecule has 3 atom stereocenters. The third-order valence-corrected chi connectivity index (χ3v) is 9.16. The molecule has 3 N–H and O–H groups in total. The molecule has 0 saturated heterocycles. The van der Waals surface area contributed by atoms with Crippen LogP contribution < -0.4 is 31.1 Å². The zero-order valence-corrected chi connectivity index (χ0v) is 31.2. The van der Waals surface area contributed by atoms with Gasteiger partial charge >= 0.3 is 5.69 Å². The lowest BCUT2D eigenvalue weighted by atomic mass is 9.97. The molecule has 4 amide bonds. The summed E-state index contributed by atoms with van der Waals surface area (Å²) in [4.78, 5) is 76.4. The Bertz CT molecular complexity index is 1800. The maximum atomic E-state index is 13.7. The number of amides is 4. The largest absolute Gasteiger partial charge is 0.493 e. The van der Waals surface area contributed by atoms with Gasteiger partial charge in [0.15, 0.2) is 17.3 Å². The SMILES string of the molecule is CC[C@H](C)[C@@H]1NC(=O)CCCN(C(=O)Cn2c(C)cc(C)nc2=O)CCCNC(=O)Cn2nc(Cc3ccc(OC)c(OC)c3)nc2[C@@H](C)NC1=O. The van der Waals surface area contributed by atoms with Crippen molar-refractivity contribution in [2.24, 2.45) is 5.92 Å². The van der Waals surface area contributed by atoms with Gasteiger partial charge in [-0.2, -0.15) is 10.1 Å². The molecule has 0 saturated carbocycles. The molecule has 4 rings (SSSR count). The lowest BCUT2D eigenvalue weighted by molar-refractivity contribution is -0.133. The van der Waals surface area contributed by atoms with Gasteiger partial charge in [0, 0.05) is 43.9 Å².